The number of carbonyl (C=O) groups excluding carboxylic acids is 1. The average Bonchev–Trinajstić information content (AvgIpc) is 3.40. The molecule has 30 heavy (non-hydrogen) atoms. The van der Waals surface area contributed by atoms with E-state index >= 15 is 0 Å². The lowest BCUT2D eigenvalue weighted by Gasteiger charge is -2.19. The van der Waals surface area contributed by atoms with Crippen LogP contribution in [0, 0.1) is 0 Å². The molecule has 0 bridgehead atoms. The minimum absolute atomic E-state index is 0.168. The van der Waals surface area contributed by atoms with Gasteiger partial charge in [-0.3, -0.25) is 9.69 Å². The second kappa shape index (κ2) is 8.25. The lowest BCUT2D eigenvalue weighted by atomic mass is 10.2. The molecule has 0 saturated carbocycles. The molecule has 4 aromatic rings. The summed E-state index contributed by atoms with van der Waals surface area (Å²) < 4.78 is 29.9. The molecule has 0 spiro atoms. The van der Waals surface area contributed by atoms with Gasteiger partial charge in [-0.1, -0.05) is 17.4 Å². The summed E-state index contributed by atoms with van der Waals surface area (Å²) in [5, 5.41) is 0.556. The van der Waals surface area contributed by atoms with E-state index in [1.807, 2.05) is 24.5 Å². The normalized spacial score (nSPS) is 11.7. The van der Waals surface area contributed by atoms with E-state index in [1.54, 1.807) is 35.1 Å². The number of rotatable bonds is 6. The number of carbonyl (C=O) groups is 1. The summed E-state index contributed by atoms with van der Waals surface area (Å²) in [6.45, 7) is 0.216. The Bertz CT molecular complexity index is 1290. The lowest BCUT2D eigenvalue weighted by molar-refractivity contribution is 0.0983. The molecular formula is C21H18N2O4S3. The molecular weight excluding hydrogens is 440 g/mol. The Morgan fingerprint density at radius 2 is 1.90 bits per heavy atom. The Morgan fingerprint density at radius 1 is 1.13 bits per heavy atom. The van der Waals surface area contributed by atoms with Crippen molar-refractivity contribution in [3.8, 4) is 0 Å². The van der Waals surface area contributed by atoms with Gasteiger partial charge >= 0.3 is 0 Å². The summed E-state index contributed by atoms with van der Waals surface area (Å²) in [6.07, 6.45) is 4.68. The molecule has 0 atom stereocenters. The first kappa shape index (κ1) is 20.6. The number of sulfone groups is 1. The van der Waals surface area contributed by atoms with Gasteiger partial charge < -0.3 is 4.42 Å². The van der Waals surface area contributed by atoms with Crippen LogP contribution < -0.4 is 4.90 Å². The van der Waals surface area contributed by atoms with Crippen LogP contribution in [0.1, 0.15) is 16.1 Å². The molecule has 0 fully saturated rings. The zero-order valence-corrected chi connectivity index (χ0v) is 18.7. The van der Waals surface area contributed by atoms with Crippen LogP contribution in [-0.4, -0.2) is 31.8 Å². The molecule has 0 unspecified atom stereocenters. The fourth-order valence-electron chi connectivity index (χ4n) is 2.98. The third-order valence-corrected chi connectivity index (χ3v) is 7.43. The van der Waals surface area contributed by atoms with E-state index in [-0.39, 0.29) is 17.3 Å². The first-order chi connectivity index (χ1) is 14.4. The van der Waals surface area contributed by atoms with Crippen molar-refractivity contribution in [2.75, 3.05) is 17.4 Å². The number of nitrogens with zero attached hydrogens (tertiary/aromatic N) is 2. The SMILES string of the molecule is CSc1cccc2sc(N(Cc3ccco3)C(=O)c3ccc(S(C)(=O)=O)cc3)nc12. The van der Waals surface area contributed by atoms with Crippen LogP contribution in [0.4, 0.5) is 5.13 Å². The zero-order valence-electron chi connectivity index (χ0n) is 16.2. The third kappa shape index (κ3) is 4.14. The highest BCUT2D eigenvalue weighted by Crippen LogP contribution is 2.35. The van der Waals surface area contributed by atoms with Crippen molar-refractivity contribution in [1.82, 2.24) is 4.98 Å². The number of hydrogen-bond acceptors (Lipinski definition) is 7. The van der Waals surface area contributed by atoms with Crippen LogP contribution in [-0.2, 0) is 16.4 Å². The predicted molar refractivity (Wildman–Crippen MR) is 120 cm³/mol. The second-order valence-electron chi connectivity index (χ2n) is 6.57. The van der Waals surface area contributed by atoms with Gasteiger partial charge in [0.05, 0.1) is 27.9 Å². The molecule has 2 aromatic carbocycles. The molecule has 0 saturated heterocycles. The van der Waals surface area contributed by atoms with E-state index in [0.717, 1.165) is 21.4 Å². The van der Waals surface area contributed by atoms with Crippen molar-refractivity contribution in [3.63, 3.8) is 0 Å². The Labute approximate surface area is 182 Å². The number of para-hydroxylation sites is 1. The van der Waals surface area contributed by atoms with Crippen molar-refractivity contribution in [2.45, 2.75) is 16.3 Å². The predicted octanol–water partition coefficient (Wildman–Crippen LogP) is 4.86. The van der Waals surface area contributed by atoms with Gasteiger partial charge in [0.2, 0.25) is 0 Å². The van der Waals surface area contributed by atoms with Crippen LogP contribution in [0.3, 0.4) is 0 Å². The maximum atomic E-state index is 13.4. The van der Waals surface area contributed by atoms with Gasteiger partial charge in [0.1, 0.15) is 5.76 Å². The highest BCUT2D eigenvalue weighted by molar-refractivity contribution is 7.98. The van der Waals surface area contributed by atoms with Crippen LogP contribution in [0.25, 0.3) is 10.2 Å². The Balaban J connectivity index is 1.76. The fourth-order valence-corrected chi connectivity index (χ4v) is 5.23. The molecule has 6 nitrogen and oxygen atoms in total. The number of hydrogen-bond donors (Lipinski definition) is 0. The smallest absolute Gasteiger partial charge is 0.260 e. The van der Waals surface area contributed by atoms with Gasteiger partial charge in [-0.15, -0.1) is 11.8 Å². The molecule has 4 rings (SSSR count). The molecule has 0 aliphatic carbocycles. The summed E-state index contributed by atoms with van der Waals surface area (Å²) in [5.41, 5.74) is 1.23. The minimum Gasteiger partial charge on any atom is -0.467 e. The first-order valence-corrected chi connectivity index (χ1v) is 12.9. The number of benzene rings is 2. The van der Waals surface area contributed by atoms with Gasteiger partial charge in [0.15, 0.2) is 15.0 Å². The molecule has 0 radical (unpaired) electrons. The number of amides is 1. The highest BCUT2D eigenvalue weighted by atomic mass is 32.2. The molecule has 0 aliphatic heterocycles. The van der Waals surface area contributed by atoms with Crippen LogP contribution in [0.5, 0.6) is 0 Å². The fraction of sp³-hybridized carbons (Fsp3) is 0.143. The van der Waals surface area contributed by atoms with Crippen molar-refractivity contribution >= 4 is 54.2 Å². The molecule has 0 aliphatic rings. The van der Waals surface area contributed by atoms with E-state index in [4.69, 9.17) is 9.40 Å². The van der Waals surface area contributed by atoms with Gasteiger partial charge in [-0.2, -0.15) is 0 Å². The summed E-state index contributed by atoms with van der Waals surface area (Å²) in [4.78, 5) is 20.9. The molecule has 9 heteroatoms. The summed E-state index contributed by atoms with van der Waals surface area (Å²) >= 11 is 3.03. The monoisotopic (exact) mass is 458 g/mol. The Hall–Kier alpha value is -2.62. The van der Waals surface area contributed by atoms with Crippen molar-refractivity contribution in [1.29, 1.82) is 0 Å². The molecule has 1 amide bonds. The first-order valence-electron chi connectivity index (χ1n) is 8.95. The molecule has 2 aromatic heterocycles. The minimum atomic E-state index is -3.34. The number of aromatic nitrogens is 1. The number of furan rings is 1. The number of fused-ring (bicyclic) bond motifs is 1. The quantitative estimate of drug-likeness (QED) is 0.384. The topological polar surface area (TPSA) is 80.5 Å². The lowest BCUT2D eigenvalue weighted by Crippen LogP contribution is -2.30. The highest BCUT2D eigenvalue weighted by Gasteiger charge is 2.23. The molecule has 0 N–H and O–H groups in total. The van der Waals surface area contributed by atoms with Crippen molar-refractivity contribution < 1.29 is 17.6 Å². The molecule has 154 valence electrons. The Kier molecular flexibility index (Phi) is 5.68. The number of thioether (sulfide) groups is 1. The van der Waals surface area contributed by atoms with E-state index in [0.29, 0.717) is 16.5 Å². The van der Waals surface area contributed by atoms with Gasteiger partial charge in [-0.05, 0) is 54.8 Å². The molecule has 2 heterocycles. The number of thiazole rings is 1. The van der Waals surface area contributed by atoms with Crippen LogP contribution >= 0.6 is 23.1 Å². The van der Waals surface area contributed by atoms with E-state index in [2.05, 4.69) is 0 Å². The zero-order chi connectivity index (χ0) is 21.3. The maximum Gasteiger partial charge on any atom is 0.260 e. The van der Waals surface area contributed by atoms with Gasteiger partial charge in [-0.25, -0.2) is 13.4 Å². The largest absolute Gasteiger partial charge is 0.467 e. The second-order valence-corrected chi connectivity index (χ2v) is 10.4. The van der Waals surface area contributed by atoms with E-state index in [1.165, 1.54) is 35.6 Å². The van der Waals surface area contributed by atoms with Gasteiger partial charge in [0, 0.05) is 16.7 Å². The summed E-state index contributed by atoms with van der Waals surface area (Å²) in [5.74, 6) is 0.344. The number of anilines is 1. The maximum absolute atomic E-state index is 13.4. The van der Waals surface area contributed by atoms with Crippen molar-refractivity contribution in [2.24, 2.45) is 0 Å². The van der Waals surface area contributed by atoms with Crippen LogP contribution in [0.2, 0.25) is 0 Å². The van der Waals surface area contributed by atoms with Crippen molar-refractivity contribution in [3.05, 3.63) is 72.2 Å². The standard InChI is InChI=1S/C21H18N2O4S3/c1-28-17-6-3-7-18-19(17)22-21(29-18)23(13-15-5-4-12-27-15)20(24)14-8-10-16(11-9-14)30(2,25)26/h3-12H,13H2,1-2H3. The average molecular weight is 459 g/mol. The summed E-state index contributed by atoms with van der Waals surface area (Å²) in [6, 6.07) is 15.4. The van der Waals surface area contributed by atoms with E-state index in [9.17, 15) is 13.2 Å². The summed E-state index contributed by atoms with van der Waals surface area (Å²) in [7, 11) is -3.34. The van der Waals surface area contributed by atoms with Gasteiger partial charge in [0.25, 0.3) is 5.91 Å². The van der Waals surface area contributed by atoms with Crippen LogP contribution in [0.15, 0.2) is 75.1 Å². The third-order valence-electron chi connectivity index (χ3n) is 4.49. The Morgan fingerprint density at radius 3 is 2.53 bits per heavy atom. The van der Waals surface area contributed by atoms with E-state index < -0.39 is 9.84 Å².